The van der Waals surface area contributed by atoms with Crippen molar-refractivity contribution >= 4 is 11.3 Å². The minimum absolute atomic E-state index is 0.00392. The first kappa shape index (κ1) is 24.2. The molecule has 0 aliphatic heterocycles. The van der Waals surface area contributed by atoms with E-state index in [4.69, 9.17) is 15.2 Å². The first-order valence-electron chi connectivity index (χ1n) is 10.0. The molecule has 32 heavy (non-hydrogen) atoms. The predicted molar refractivity (Wildman–Crippen MR) is 118 cm³/mol. The molecule has 172 valence electrons. The van der Waals surface area contributed by atoms with Crippen LogP contribution in [0.5, 0.6) is 5.75 Å². The van der Waals surface area contributed by atoms with Gasteiger partial charge in [-0.05, 0) is 42.7 Å². The van der Waals surface area contributed by atoms with Crippen LogP contribution in [0.3, 0.4) is 0 Å². The molecule has 0 radical (unpaired) electrons. The molecule has 0 aliphatic carbocycles. The molecule has 0 amide bonds. The maximum atomic E-state index is 13.6. The van der Waals surface area contributed by atoms with Gasteiger partial charge in [0.15, 0.2) is 0 Å². The van der Waals surface area contributed by atoms with Crippen LogP contribution >= 0.6 is 11.3 Å². The van der Waals surface area contributed by atoms with Crippen LogP contribution in [0.1, 0.15) is 23.1 Å². The predicted octanol–water partition coefficient (Wildman–Crippen LogP) is 4.63. The van der Waals surface area contributed by atoms with Crippen molar-refractivity contribution in [2.75, 3.05) is 26.4 Å². The lowest BCUT2D eigenvalue weighted by Gasteiger charge is -2.18. The Morgan fingerprint density at radius 2 is 1.81 bits per heavy atom. The topological polar surface area (TPSA) is 77.6 Å². The minimum Gasteiger partial charge on any atom is -0.491 e. The second-order valence-corrected chi connectivity index (χ2v) is 8.54. The van der Waals surface area contributed by atoms with E-state index in [-0.39, 0.29) is 25.6 Å². The van der Waals surface area contributed by atoms with E-state index in [0.717, 1.165) is 29.4 Å². The molecule has 0 bridgehead atoms. The van der Waals surface area contributed by atoms with Gasteiger partial charge >= 0.3 is 6.18 Å². The molecule has 3 N–H and O–H groups in total. The third-order valence-corrected chi connectivity index (χ3v) is 6.08. The Morgan fingerprint density at radius 1 is 1.06 bits per heavy atom. The summed E-state index contributed by atoms with van der Waals surface area (Å²) in [7, 11) is 0. The summed E-state index contributed by atoms with van der Waals surface area (Å²) in [6, 6.07) is 13.7. The zero-order chi connectivity index (χ0) is 23.2. The van der Waals surface area contributed by atoms with Crippen LogP contribution in [0.4, 0.5) is 13.2 Å². The highest BCUT2D eigenvalue weighted by Crippen LogP contribution is 2.40. The van der Waals surface area contributed by atoms with Gasteiger partial charge in [-0.1, -0.05) is 30.3 Å². The Morgan fingerprint density at radius 3 is 2.50 bits per heavy atom. The summed E-state index contributed by atoms with van der Waals surface area (Å²) in [6.45, 7) is 1.92. The van der Waals surface area contributed by atoms with E-state index in [1.54, 1.807) is 13.0 Å². The molecule has 0 saturated heterocycles. The Kier molecular flexibility index (Phi) is 7.89. The first-order chi connectivity index (χ1) is 15.2. The van der Waals surface area contributed by atoms with Gasteiger partial charge in [-0.15, -0.1) is 11.3 Å². The van der Waals surface area contributed by atoms with Crippen LogP contribution in [-0.4, -0.2) is 36.5 Å². The third kappa shape index (κ3) is 6.29. The SMILES string of the molecule is CC(N)(CO)c1ncc(-c2ccc(OCCOCCc3ccccc3)c(C(F)(F)F)c2)s1. The number of alkyl halides is 3. The number of thiazole rings is 1. The number of nitrogens with zero attached hydrogens (tertiary/aromatic N) is 1. The van der Waals surface area contributed by atoms with Gasteiger partial charge in [-0.2, -0.15) is 13.2 Å². The summed E-state index contributed by atoms with van der Waals surface area (Å²) in [5, 5.41) is 9.82. The lowest BCUT2D eigenvalue weighted by molar-refractivity contribution is -0.139. The summed E-state index contributed by atoms with van der Waals surface area (Å²) in [4.78, 5) is 4.67. The lowest BCUT2D eigenvalue weighted by Crippen LogP contribution is -2.36. The van der Waals surface area contributed by atoms with E-state index in [9.17, 15) is 18.3 Å². The number of aromatic nitrogens is 1. The highest BCUT2D eigenvalue weighted by Gasteiger charge is 2.35. The van der Waals surface area contributed by atoms with Crippen LogP contribution in [-0.2, 0) is 22.9 Å². The average Bonchev–Trinajstić information content (AvgIpc) is 3.27. The number of benzene rings is 2. The van der Waals surface area contributed by atoms with Crippen molar-refractivity contribution in [1.82, 2.24) is 4.98 Å². The van der Waals surface area contributed by atoms with Crippen molar-refractivity contribution in [3.8, 4) is 16.2 Å². The monoisotopic (exact) mass is 466 g/mol. The van der Waals surface area contributed by atoms with E-state index >= 15 is 0 Å². The van der Waals surface area contributed by atoms with Crippen molar-refractivity contribution in [1.29, 1.82) is 0 Å². The van der Waals surface area contributed by atoms with E-state index in [0.29, 0.717) is 22.1 Å². The Hall–Kier alpha value is -2.46. The highest BCUT2D eigenvalue weighted by atomic mass is 32.1. The number of hydrogen-bond donors (Lipinski definition) is 2. The number of halogens is 3. The van der Waals surface area contributed by atoms with Crippen LogP contribution in [0.25, 0.3) is 10.4 Å². The molecule has 1 aromatic heterocycles. The summed E-state index contributed by atoms with van der Waals surface area (Å²) >= 11 is 1.14. The van der Waals surface area contributed by atoms with Crippen LogP contribution in [0, 0.1) is 0 Å². The van der Waals surface area contributed by atoms with Crippen LogP contribution in [0.15, 0.2) is 54.7 Å². The highest BCUT2D eigenvalue weighted by molar-refractivity contribution is 7.15. The molecule has 1 atom stereocenters. The fourth-order valence-corrected chi connectivity index (χ4v) is 3.88. The molecule has 0 saturated carbocycles. The van der Waals surface area contributed by atoms with Crippen LogP contribution in [0.2, 0.25) is 0 Å². The summed E-state index contributed by atoms with van der Waals surface area (Å²) in [5.74, 6) is -0.253. The summed E-state index contributed by atoms with van der Waals surface area (Å²) < 4.78 is 51.8. The van der Waals surface area contributed by atoms with E-state index < -0.39 is 17.3 Å². The van der Waals surface area contributed by atoms with E-state index in [1.165, 1.54) is 12.3 Å². The van der Waals surface area contributed by atoms with Crippen molar-refractivity contribution in [3.63, 3.8) is 0 Å². The van der Waals surface area contributed by atoms with Gasteiger partial charge in [0.05, 0.1) is 35.8 Å². The fraction of sp³-hybridized carbons (Fsp3) is 0.348. The molecular weight excluding hydrogens is 441 g/mol. The lowest BCUT2D eigenvalue weighted by atomic mass is 10.1. The second-order valence-electron chi connectivity index (χ2n) is 7.51. The fourth-order valence-electron chi connectivity index (χ4n) is 2.92. The van der Waals surface area contributed by atoms with Gasteiger partial charge in [0.1, 0.15) is 17.4 Å². The second kappa shape index (κ2) is 10.4. The molecule has 3 rings (SSSR count). The number of ether oxygens (including phenoxy) is 2. The number of aliphatic hydroxyl groups excluding tert-OH is 1. The zero-order valence-electron chi connectivity index (χ0n) is 17.6. The molecule has 3 aromatic rings. The van der Waals surface area contributed by atoms with E-state index in [2.05, 4.69) is 4.98 Å². The standard InChI is InChI=1S/C23H25F3N2O3S/c1-22(27,15-29)21-28-14-20(32-21)17-7-8-19(18(13-17)23(24,25)26)31-12-11-30-10-9-16-5-3-2-4-6-16/h2-8,13-14,29H,9-12,15,27H2,1H3. The quantitative estimate of drug-likeness (QED) is 0.426. The first-order valence-corrected chi connectivity index (χ1v) is 10.8. The molecule has 0 fully saturated rings. The minimum atomic E-state index is -4.58. The number of nitrogens with two attached hydrogens (primary N) is 1. The maximum absolute atomic E-state index is 13.6. The Labute approximate surface area is 188 Å². The number of aliphatic hydroxyl groups is 1. The summed E-state index contributed by atoms with van der Waals surface area (Å²) in [5.41, 5.74) is 5.51. The number of rotatable bonds is 10. The van der Waals surface area contributed by atoms with Gasteiger partial charge in [0, 0.05) is 6.20 Å². The molecule has 9 heteroatoms. The van der Waals surface area contributed by atoms with Gasteiger partial charge in [-0.3, -0.25) is 0 Å². The van der Waals surface area contributed by atoms with Crippen molar-refractivity contribution in [3.05, 3.63) is 70.9 Å². The maximum Gasteiger partial charge on any atom is 0.419 e. The Balaban J connectivity index is 1.63. The smallest absolute Gasteiger partial charge is 0.419 e. The van der Waals surface area contributed by atoms with Crippen molar-refractivity contribution in [2.24, 2.45) is 5.73 Å². The van der Waals surface area contributed by atoms with Crippen molar-refractivity contribution in [2.45, 2.75) is 25.1 Å². The van der Waals surface area contributed by atoms with E-state index in [1.807, 2.05) is 30.3 Å². The van der Waals surface area contributed by atoms with Gasteiger partial charge in [0.2, 0.25) is 0 Å². The van der Waals surface area contributed by atoms with Gasteiger partial charge in [-0.25, -0.2) is 4.98 Å². The molecule has 5 nitrogen and oxygen atoms in total. The van der Waals surface area contributed by atoms with Gasteiger partial charge in [0.25, 0.3) is 0 Å². The molecule has 1 heterocycles. The van der Waals surface area contributed by atoms with Gasteiger partial charge < -0.3 is 20.3 Å². The van der Waals surface area contributed by atoms with Crippen LogP contribution < -0.4 is 10.5 Å². The number of hydrogen-bond acceptors (Lipinski definition) is 6. The van der Waals surface area contributed by atoms with Crippen molar-refractivity contribution < 1.29 is 27.8 Å². The molecular formula is C23H25F3N2O3S. The average molecular weight is 467 g/mol. The third-order valence-electron chi connectivity index (χ3n) is 4.76. The largest absolute Gasteiger partial charge is 0.491 e. The Bertz CT molecular complexity index is 1010. The molecule has 2 aromatic carbocycles. The molecule has 0 spiro atoms. The normalized spacial score (nSPS) is 13.7. The summed E-state index contributed by atoms with van der Waals surface area (Å²) in [6.07, 6.45) is -2.41. The molecule has 0 aliphatic rings. The zero-order valence-corrected chi connectivity index (χ0v) is 18.4. The molecule has 1 unspecified atom stereocenters.